The molecule has 0 saturated carbocycles. The van der Waals surface area contributed by atoms with Crippen molar-refractivity contribution in [2.75, 3.05) is 19.6 Å². The van der Waals surface area contributed by atoms with E-state index in [1.807, 2.05) is 24.7 Å². The van der Waals surface area contributed by atoms with Crippen LogP contribution in [0.1, 0.15) is 26.7 Å². The van der Waals surface area contributed by atoms with E-state index in [1.165, 1.54) is 19.3 Å². The van der Waals surface area contributed by atoms with Crippen molar-refractivity contribution >= 4 is 6.21 Å². The predicted molar refractivity (Wildman–Crippen MR) is 71.4 cm³/mol. The third kappa shape index (κ3) is 9.27. The molecule has 0 spiro atoms. The molecule has 0 atom stereocenters. The highest BCUT2D eigenvalue weighted by molar-refractivity contribution is 5.58. The molecule has 0 aromatic rings. The van der Waals surface area contributed by atoms with Crippen molar-refractivity contribution in [3.8, 4) is 0 Å². The summed E-state index contributed by atoms with van der Waals surface area (Å²) in [4.78, 5) is 3.96. The van der Waals surface area contributed by atoms with E-state index >= 15 is 0 Å². The Bertz CT molecular complexity index is 165. The maximum absolute atomic E-state index is 3.96. The van der Waals surface area contributed by atoms with Gasteiger partial charge in [0.2, 0.25) is 0 Å². The van der Waals surface area contributed by atoms with Gasteiger partial charge in [0.05, 0.1) is 0 Å². The minimum atomic E-state index is 0. The molecule has 16 heavy (non-hydrogen) atoms. The van der Waals surface area contributed by atoms with E-state index < -0.39 is 0 Å². The topological polar surface area (TPSA) is 48.4 Å². The number of aliphatic imine (C=N–C) groups is 1. The first-order valence-corrected chi connectivity index (χ1v) is 5.50. The average Bonchev–Trinajstić information content (AvgIpc) is 3.09. The highest BCUT2D eigenvalue weighted by Crippen LogP contribution is 1.92. The largest absolute Gasteiger partial charge is 0.391 e. The zero-order valence-electron chi connectivity index (χ0n) is 9.08. The van der Waals surface area contributed by atoms with Gasteiger partial charge in [-0.15, -0.1) is 0 Å². The normalized spacial score (nSPS) is 18.5. The van der Waals surface area contributed by atoms with Crippen LogP contribution in [0.15, 0.2) is 29.5 Å². The van der Waals surface area contributed by atoms with Crippen LogP contribution in [0.25, 0.3) is 0 Å². The molecule has 0 aliphatic carbocycles. The molecule has 3 aliphatic rings. The highest BCUT2D eigenvalue weighted by atomic mass is 15.4. The Balaban J connectivity index is 0.000000205. The van der Waals surface area contributed by atoms with E-state index in [-0.39, 0.29) is 7.43 Å². The molecule has 92 valence electrons. The van der Waals surface area contributed by atoms with Crippen molar-refractivity contribution in [3.05, 3.63) is 24.6 Å². The molecule has 3 N–H and O–H groups in total. The maximum Gasteiger partial charge on any atom is 0.0388 e. The lowest BCUT2D eigenvalue weighted by Crippen LogP contribution is -2.19. The van der Waals surface area contributed by atoms with Crippen molar-refractivity contribution in [3.63, 3.8) is 0 Å². The molecule has 0 fully saturated rings. The van der Waals surface area contributed by atoms with E-state index in [2.05, 4.69) is 27.2 Å². The first kappa shape index (κ1) is 14.7. The van der Waals surface area contributed by atoms with Gasteiger partial charge in [0.15, 0.2) is 0 Å². The fourth-order valence-corrected chi connectivity index (χ4v) is 1.17. The van der Waals surface area contributed by atoms with Crippen molar-refractivity contribution in [2.24, 2.45) is 4.99 Å². The van der Waals surface area contributed by atoms with E-state index in [1.54, 1.807) is 0 Å². The zero-order valence-corrected chi connectivity index (χ0v) is 9.08. The second kappa shape index (κ2) is 11.8. The number of nitrogens with zero attached hydrogens (tertiary/aromatic N) is 1. The van der Waals surface area contributed by atoms with Crippen molar-refractivity contribution in [1.82, 2.24) is 16.2 Å². The second-order valence-electron chi connectivity index (χ2n) is 3.30. The number of hydrogen-bond acceptors (Lipinski definition) is 4. The van der Waals surface area contributed by atoms with Crippen LogP contribution in [-0.4, -0.2) is 25.8 Å². The van der Waals surface area contributed by atoms with E-state index in [0.29, 0.717) is 0 Å². The second-order valence-corrected chi connectivity index (χ2v) is 3.30. The molecule has 4 heteroatoms. The summed E-state index contributed by atoms with van der Waals surface area (Å²) in [6, 6.07) is 0. The molecule has 3 rings (SSSR count). The fraction of sp³-hybridized carbons (Fsp3) is 0.583. The quantitative estimate of drug-likeness (QED) is 0.585. The number of rotatable bonds is 0. The molecular formula is C12H24N4. The smallest absolute Gasteiger partial charge is 0.0388 e. The molecule has 0 amide bonds. The monoisotopic (exact) mass is 224 g/mol. The molecule has 0 saturated heterocycles. The maximum atomic E-state index is 3.96. The van der Waals surface area contributed by atoms with Gasteiger partial charge >= 0.3 is 0 Å². The molecule has 0 aromatic carbocycles. The van der Waals surface area contributed by atoms with Gasteiger partial charge < -0.3 is 10.7 Å². The van der Waals surface area contributed by atoms with Crippen LogP contribution in [0.2, 0.25) is 0 Å². The molecule has 3 heterocycles. The number of nitrogens with one attached hydrogen (secondary N) is 3. The SMILES string of the molecule is C.C1=CNCC1.C1=CNNC1.C1=NCCC1. The van der Waals surface area contributed by atoms with Crippen molar-refractivity contribution in [2.45, 2.75) is 26.7 Å². The van der Waals surface area contributed by atoms with Gasteiger partial charge in [-0.1, -0.05) is 19.6 Å². The van der Waals surface area contributed by atoms with Crippen LogP contribution < -0.4 is 16.2 Å². The van der Waals surface area contributed by atoms with E-state index in [9.17, 15) is 0 Å². The number of hydrogen-bond donors (Lipinski definition) is 3. The zero-order chi connectivity index (χ0) is 10.6. The standard InChI is InChI=1S/2C4H7N.C3H6N2.CH4/c3*1-2-4-5-3-1;/h3H,1-2,4H2;1,3,5H,2,4H2;1-2,4-5H,3H2;1H4. The molecule has 0 aromatic heterocycles. The molecule has 0 radical (unpaired) electrons. The summed E-state index contributed by atoms with van der Waals surface area (Å²) in [5, 5.41) is 3.04. The Morgan fingerprint density at radius 1 is 1.06 bits per heavy atom. The molecule has 0 bridgehead atoms. The molecular weight excluding hydrogens is 200 g/mol. The van der Waals surface area contributed by atoms with E-state index in [0.717, 1.165) is 19.6 Å². The molecule has 3 aliphatic heterocycles. The predicted octanol–water partition coefficient (Wildman–Crippen LogP) is 1.59. The average molecular weight is 224 g/mol. The highest BCUT2D eigenvalue weighted by Gasteiger charge is 1.86. The fourth-order valence-electron chi connectivity index (χ4n) is 1.17. The lowest BCUT2D eigenvalue weighted by atomic mass is 10.4. The summed E-state index contributed by atoms with van der Waals surface area (Å²) >= 11 is 0. The van der Waals surface area contributed by atoms with Gasteiger partial charge in [-0.3, -0.25) is 4.99 Å². The van der Waals surface area contributed by atoms with Crippen LogP contribution in [0, 0.1) is 0 Å². The van der Waals surface area contributed by atoms with Crippen molar-refractivity contribution < 1.29 is 0 Å². The van der Waals surface area contributed by atoms with Gasteiger partial charge in [0.25, 0.3) is 0 Å². The third-order valence-electron chi connectivity index (χ3n) is 1.96. The minimum Gasteiger partial charge on any atom is -0.391 e. The van der Waals surface area contributed by atoms with Crippen LogP contribution in [0.5, 0.6) is 0 Å². The van der Waals surface area contributed by atoms with Crippen LogP contribution in [0.4, 0.5) is 0 Å². The van der Waals surface area contributed by atoms with Crippen LogP contribution in [0.3, 0.4) is 0 Å². The summed E-state index contributed by atoms with van der Waals surface area (Å²) < 4.78 is 0. The summed E-state index contributed by atoms with van der Waals surface area (Å²) in [7, 11) is 0. The van der Waals surface area contributed by atoms with Gasteiger partial charge in [0, 0.05) is 25.8 Å². The van der Waals surface area contributed by atoms with Gasteiger partial charge in [-0.25, -0.2) is 5.43 Å². The summed E-state index contributed by atoms with van der Waals surface area (Å²) in [5.74, 6) is 0. The Morgan fingerprint density at radius 2 is 2.00 bits per heavy atom. The molecule has 4 nitrogen and oxygen atoms in total. The minimum absolute atomic E-state index is 0. The third-order valence-corrected chi connectivity index (χ3v) is 1.96. The van der Waals surface area contributed by atoms with Gasteiger partial charge in [-0.05, 0) is 31.7 Å². The lowest BCUT2D eigenvalue weighted by molar-refractivity contribution is 0.727. The first-order valence-electron chi connectivity index (χ1n) is 5.50. The van der Waals surface area contributed by atoms with Gasteiger partial charge in [0.1, 0.15) is 0 Å². The Kier molecular flexibility index (Phi) is 10.8. The van der Waals surface area contributed by atoms with Crippen LogP contribution >= 0.6 is 0 Å². The van der Waals surface area contributed by atoms with Crippen molar-refractivity contribution in [1.29, 1.82) is 0 Å². The first-order chi connectivity index (χ1) is 7.50. The Morgan fingerprint density at radius 3 is 2.19 bits per heavy atom. The van der Waals surface area contributed by atoms with E-state index in [4.69, 9.17) is 0 Å². The Labute approximate surface area is 98.9 Å². The Hall–Kier alpha value is -1.29. The summed E-state index contributed by atoms with van der Waals surface area (Å²) in [6.45, 7) is 3.17. The van der Waals surface area contributed by atoms with Gasteiger partial charge in [-0.2, -0.15) is 0 Å². The summed E-state index contributed by atoms with van der Waals surface area (Å²) in [6.07, 6.45) is 13.7. The molecule has 0 unspecified atom stereocenters. The number of hydrazine groups is 1. The summed E-state index contributed by atoms with van der Waals surface area (Å²) in [5.41, 5.74) is 5.65. The lowest BCUT2D eigenvalue weighted by Gasteiger charge is -1.83. The van der Waals surface area contributed by atoms with Crippen LogP contribution in [-0.2, 0) is 0 Å².